The first-order chi connectivity index (χ1) is 10.1. The van der Waals surface area contributed by atoms with Crippen LogP contribution in [0.4, 0.5) is 0 Å². The SMILES string of the molecule is O=C(O)c1ccc(C(=O)N2CCC(OCCO)CC2)cn1. The zero-order valence-electron chi connectivity index (χ0n) is 11.6. The number of aliphatic hydroxyl groups excluding tert-OH is 1. The normalized spacial score (nSPS) is 16.0. The molecule has 2 heterocycles. The molecule has 1 saturated heterocycles. The van der Waals surface area contributed by atoms with E-state index in [1.54, 1.807) is 4.90 Å². The van der Waals surface area contributed by atoms with Crippen LogP contribution in [0.2, 0.25) is 0 Å². The number of carboxylic acid groups (broad SMARTS) is 1. The lowest BCUT2D eigenvalue weighted by atomic mass is 10.1. The molecule has 1 amide bonds. The molecular weight excluding hydrogens is 276 g/mol. The number of carbonyl (C=O) groups is 2. The Balaban J connectivity index is 1.91. The number of rotatable bonds is 5. The highest BCUT2D eigenvalue weighted by Crippen LogP contribution is 2.16. The van der Waals surface area contributed by atoms with Gasteiger partial charge in [-0.2, -0.15) is 0 Å². The monoisotopic (exact) mass is 294 g/mol. The van der Waals surface area contributed by atoms with Gasteiger partial charge in [0.05, 0.1) is 24.9 Å². The van der Waals surface area contributed by atoms with Crippen molar-refractivity contribution in [3.05, 3.63) is 29.6 Å². The van der Waals surface area contributed by atoms with E-state index >= 15 is 0 Å². The van der Waals surface area contributed by atoms with Gasteiger partial charge in [0.25, 0.3) is 5.91 Å². The van der Waals surface area contributed by atoms with E-state index in [4.69, 9.17) is 14.9 Å². The summed E-state index contributed by atoms with van der Waals surface area (Å²) in [5.74, 6) is -1.27. The average molecular weight is 294 g/mol. The first kappa shape index (κ1) is 15.4. The van der Waals surface area contributed by atoms with Crippen LogP contribution < -0.4 is 0 Å². The van der Waals surface area contributed by atoms with E-state index < -0.39 is 5.97 Å². The van der Waals surface area contributed by atoms with Crippen molar-refractivity contribution in [2.45, 2.75) is 18.9 Å². The molecule has 1 aliphatic rings. The number of amides is 1. The molecule has 0 bridgehead atoms. The van der Waals surface area contributed by atoms with Gasteiger partial charge in [0.2, 0.25) is 0 Å². The Morgan fingerprint density at radius 2 is 2.05 bits per heavy atom. The van der Waals surface area contributed by atoms with Gasteiger partial charge in [-0.1, -0.05) is 0 Å². The molecule has 7 nitrogen and oxygen atoms in total. The van der Waals surface area contributed by atoms with Crippen LogP contribution >= 0.6 is 0 Å². The summed E-state index contributed by atoms with van der Waals surface area (Å²) in [5.41, 5.74) is 0.303. The fourth-order valence-corrected chi connectivity index (χ4v) is 2.27. The number of pyridine rings is 1. The first-order valence-electron chi connectivity index (χ1n) is 6.83. The van der Waals surface area contributed by atoms with Crippen LogP contribution in [-0.4, -0.2) is 64.4 Å². The highest BCUT2D eigenvalue weighted by atomic mass is 16.5. The highest BCUT2D eigenvalue weighted by Gasteiger charge is 2.24. The summed E-state index contributed by atoms with van der Waals surface area (Å²) in [4.78, 5) is 28.4. The zero-order valence-corrected chi connectivity index (χ0v) is 11.6. The van der Waals surface area contributed by atoms with E-state index in [0.717, 1.165) is 12.8 Å². The third-order valence-electron chi connectivity index (χ3n) is 3.40. The fraction of sp³-hybridized carbons (Fsp3) is 0.500. The third kappa shape index (κ3) is 3.99. The summed E-state index contributed by atoms with van der Waals surface area (Å²) in [6, 6.07) is 2.81. The van der Waals surface area contributed by atoms with Gasteiger partial charge >= 0.3 is 5.97 Å². The molecule has 7 heteroatoms. The number of carboxylic acids is 1. The predicted octanol–water partition coefficient (Wildman–Crippen LogP) is 0.393. The van der Waals surface area contributed by atoms with Crippen molar-refractivity contribution in [2.24, 2.45) is 0 Å². The Kier molecular flexibility index (Phi) is 5.24. The van der Waals surface area contributed by atoms with E-state index in [0.29, 0.717) is 25.3 Å². The van der Waals surface area contributed by atoms with Gasteiger partial charge in [-0.25, -0.2) is 9.78 Å². The van der Waals surface area contributed by atoms with Crippen LogP contribution in [0.15, 0.2) is 18.3 Å². The molecule has 114 valence electrons. The maximum atomic E-state index is 12.3. The number of aliphatic hydroxyl groups is 1. The van der Waals surface area contributed by atoms with Crippen LogP contribution in [0.25, 0.3) is 0 Å². The second-order valence-corrected chi connectivity index (χ2v) is 4.82. The lowest BCUT2D eigenvalue weighted by molar-refractivity contribution is -0.00555. The first-order valence-corrected chi connectivity index (χ1v) is 6.83. The fourth-order valence-electron chi connectivity index (χ4n) is 2.27. The molecule has 1 aromatic heterocycles. The van der Waals surface area contributed by atoms with E-state index in [-0.39, 0.29) is 24.3 Å². The second kappa shape index (κ2) is 7.14. The van der Waals surface area contributed by atoms with Gasteiger partial charge in [0, 0.05) is 19.3 Å². The Labute approximate surface area is 122 Å². The molecule has 1 aliphatic heterocycles. The summed E-state index contributed by atoms with van der Waals surface area (Å²) in [5, 5.41) is 17.5. The van der Waals surface area contributed by atoms with Crippen molar-refractivity contribution in [2.75, 3.05) is 26.3 Å². The quantitative estimate of drug-likeness (QED) is 0.815. The number of hydrogen-bond donors (Lipinski definition) is 2. The van der Waals surface area contributed by atoms with Crippen molar-refractivity contribution in [3.63, 3.8) is 0 Å². The lowest BCUT2D eigenvalue weighted by Gasteiger charge is -2.31. The van der Waals surface area contributed by atoms with Gasteiger partial charge in [-0.15, -0.1) is 0 Å². The third-order valence-corrected chi connectivity index (χ3v) is 3.40. The van der Waals surface area contributed by atoms with E-state index in [1.165, 1.54) is 18.3 Å². The van der Waals surface area contributed by atoms with Crippen LogP contribution in [0, 0.1) is 0 Å². The number of nitrogens with zero attached hydrogens (tertiary/aromatic N) is 2. The topological polar surface area (TPSA) is 100.0 Å². The molecule has 0 atom stereocenters. The van der Waals surface area contributed by atoms with Gasteiger partial charge in [-0.3, -0.25) is 4.79 Å². The molecule has 0 radical (unpaired) electrons. The van der Waals surface area contributed by atoms with Crippen LogP contribution in [0.1, 0.15) is 33.7 Å². The smallest absolute Gasteiger partial charge is 0.354 e. The van der Waals surface area contributed by atoms with E-state index in [9.17, 15) is 9.59 Å². The van der Waals surface area contributed by atoms with Gasteiger partial charge < -0.3 is 19.8 Å². The van der Waals surface area contributed by atoms with Gasteiger partial charge in [0.15, 0.2) is 0 Å². The minimum absolute atomic E-state index is 0.000734. The van der Waals surface area contributed by atoms with Crippen molar-refractivity contribution >= 4 is 11.9 Å². The molecule has 1 fully saturated rings. The van der Waals surface area contributed by atoms with Crippen molar-refractivity contribution in [3.8, 4) is 0 Å². The number of carbonyl (C=O) groups excluding carboxylic acids is 1. The molecule has 2 rings (SSSR count). The zero-order chi connectivity index (χ0) is 15.2. The highest BCUT2D eigenvalue weighted by molar-refractivity contribution is 5.94. The minimum Gasteiger partial charge on any atom is -0.477 e. The van der Waals surface area contributed by atoms with Gasteiger partial charge in [0.1, 0.15) is 5.69 Å². The average Bonchev–Trinajstić information content (AvgIpc) is 2.53. The van der Waals surface area contributed by atoms with E-state index in [2.05, 4.69) is 4.98 Å². The molecule has 0 spiro atoms. The molecule has 1 aromatic rings. The number of hydrogen-bond acceptors (Lipinski definition) is 5. The standard InChI is InChI=1S/C14H18N2O5/c17-7-8-21-11-3-5-16(6-4-11)13(18)10-1-2-12(14(19)20)15-9-10/h1-2,9,11,17H,3-8H2,(H,19,20). The largest absolute Gasteiger partial charge is 0.477 e. The maximum Gasteiger partial charge on any atom is 0.354 e. The summed E-state index contributed by atoms with van der Waals surface area (Å²) >= 11 is 0. The summed E-state index contributed by atoms with van der Waals surface area (Å²) < 4.78 is 5.44. The maximum absolute atomic E-state index is 12.3. The van der Waals surface area contributed by atoms with Gasteiger partial charge in [-0.05, 0) is 25.0 Å². The van der Waals surface area contributed by atoms with Crippen molar-refractivity contribution in [1.82, 2.24) is 9.88 Å². The molecule has 2 N–H and O–H groups in total. The summed E-state index contributed by atoms with van der Waals surface area (Å²) in [7, 11) is 0. The Morgan fingerprint density at radius 3 is 2.57 bits per heavy atom. The predicted molar refractivity (Wildman–Crippen MR) is 73.2 cm³/mol. The Bertz CT molecular complexity index is 495. The van der Waals surface area contributed by atoms with Crippen molar-refractivity contribution in [1.29, 1.82) is 0 Å². The minimum atomic E-state index is -1.11. The molecule has 0 unspecified atom stereocenters. The molecule has 0 saturated carbocycles. The summed E-state index contributed by atoms with van der Waals surface area (Å²) in [6.45, 7) is 1.48. The van der Waals surface area contributed by atoms with Crippen LogP contribution in [-0.2, 0) is 4.74 Å². The number of piperidine rings is 1. The Hall–Kier alpha value is -1.99. The number of ether oxygens (including phenoxy) is 1. The number of likely N-dealkylation sites (tertiary alicyclic amines) is 1. The van der Waals surface area contributed by atoms with Crippen LogP contribution in [0.3, 0.4) is 0 Å². The second-order valence-electron chi connectivity index (χ2n) is 4.82. The molecule has 0 aliphatic carbocycles. The van der Waals surface area contributed by atoms with Crippen LogP contribution in [0.5, 0.6) is 0 Å². The lowest BCUT2D eigenvalue weighted by Crippen LogP contribution is -2.41. The number of aromatic nitrogens is 1. The molecule has 21 heavy (non-hydrogen) atoms. The summed E-state index contributed by atoms with van der Waals surface area (Å²) in [6.07, 6.45) is 2.83. The Morgan fingerprint density at radius 1 is 1.33 bits per heavy atom. The number of aromatic carboxylic acids is 1. The molecule has 0 aromatic carbocycles. The van der Waals surface area contributed by atoms with E-state index in [1.807, 2.05) is 0 Å². The van der Waals surface area contributed by atoms with Crippen molar-refractivity contribution < 1.29 is 24.5 Å². The molecular formula is C14H18N2O5.